The maximum atomic E-state index is 2.42. The van der Waals surface area contributed by atoms with Crippen LogP contribution >= 0.6 is 0 Å². The maximum Gasteiger partial charge on any atom is -0.0189 e. The molecule has 0 bridgehead atoms. The van der Waals surface area contributed by atoms with Crippen LogP contribution in [0.1, 0.15) is 32.3 Å². The van der Waals surface area contributed by atoms with Gasteiger partial charge in [0.1, 0.15) is 0 Å². The molecule has 106 valence electrons. The smallest absolute Gasteiger partial charge is 0.0189 e. The highest BCUT2D eigenvalue weighted by atomic mass is 14.4. The minimum Gasteiger partial charge on any atom is -0.170 e. The van der Waals surface area contributed by atoms with Crippen molar-refractivity contribution < 1.29 is 0 Å². The monoisotopic (exact) mass is 273 g/mol. The predicted molar refractivity (Wildman–Crippen MR) is 90.8 cm³/mol. The summed E-state index contributed by atoms with van der Waals surface area (Å²) in [6.07, 6.45) is 7.40. The summed E-state index contributed by atoms with van der Waals surface area (Å²) in [4.78, 5) is 0. The lowest BCUT2D eigenvalue weighted by Crippen LogP contribution is -2.08. The van der Waals surface area contributed by atoms with Crippen molar-refractivity contribution in [3.63, 3.8) is 0 Å². The largest absolute Gasteiger partial charge is 0.170 e. The van der Waals surface area contributed by atoms with Crippen LogP contribution in [0, 0.1) is 17.8 Å². The molecule has 0 radical (unpaired) electrons. The van der Waals surface area contributed by atoms with E-state index in [0.717, 1.165) is 5.92 Å². The Kier molecular flexibility index (Phi) is 2.92. The molecule has 0 heterocycles. The van der Waals surface area contributed by atoms with Crippen molar-refractivity contribution in [2.45, 2.75) is 26.7 Å². The van der Waals surface area contributed by atoms with E-state index in [-0.39, 0.29) is 0 Å². The molecule has 2 aromatic carbocycles. The molecule has 2 aromatic rings. The van der Waals surface area contributed by atoms with Crippen LogP contribution in [0.4, 0.5) is 0 Å². The summed E-state index contributed by atoms with van der Waals surface area (Å²) in [7, 11) is 0. The average molecular weight is 273 g/mol. The highest BCUT2D eigenvalue weighted by Crippen LogP contribution is 2.48. The van der Waals surface area contributed by atoms with E-state index in [1.807, 2.05) is 0 Å². The second-order valence-electron chi connectivity index (χ2n) is 6.69. The highest BCUT2D eigenvalue weighted by Gasteiger charge is 2.26. The number of benzene rings is 2. The molecule has 2 aliphatic rings. The van der Waals surface area contributed by atoms with Gasteiger partial charge in [-0.25, -0.2) is 0 Å². The Hall–Kier alpha value is -1.95. The zero-order chi connectivity index (χ0) is 14.4. The number of allylic oxidation sites excluding steroid dienone is 4. The van der Waals surface area contributed by atoms with Crippen molar-refractivity contribution in [3.05, 3.63) is 71.7 Å². The van der Waals surface area contributed by atoms with Gasteiger partial charge in [0.15, 0.2) is 0 Å². The standard InChI is InChI=1S/C21H21/c1-14-10-17-11-15(2)13-21(20(17)12-14)19-9-5-7-16-6-3-4-8-18(16)19/h3-9,11,13-14,20H,10,12H2,1-2H3/q-1. The van der Waals surface area contributed by atoms with Crippen LogP contribution in [-0.2, 0) is 0 Å². The Morgan fingerprint density at radius 1 is 1.00 bits per heavy atom. The van der Waals surface area contributed by atoms with Crippen molar-refractivity contribution in [3.8, 4) is 0 Å². The van der Waals surface area contributed by atoms with Gasteiger partial charge in [-0.2, -0.15) is 23.6 Å². The molecule has 2 aliphatic carbocycles. The third-order valence-electron chi connectivity index (χ3n) is 4.94. The van der Waals surface area contributed by atoms with Gasteiger partial charge >= 0.3 is 0 Å². The zero-order valence-corrected chi connectivity index (χ0v) is 12.8. The van der Waals surface area contributed by atoms with Gasteiger partial charge in [-0.15, -0.1) is 5.57 Å². The fourth-order valence-corrected chi connectivity index (χ4v) is 4.09. The number of rotatable bonds is 1. The number of hydrogen-bond acceptors (Lipinski definition) is 0. The molecule has 0 aliphatic heterocycles. The van der Waals surface area contributed by atoms with Crippen molar-refractivity contribution in [1.29, 1.82) is 0 Å². The minimum absolute atomic E-state index is 0.634. The third kappa shape index (κ3) is 2.10. The van der Waals surface area contributed by atoms with Crippen molar-refractivity contribution in [2.24, 2.45) is 11.8 Å². The first kappa shape index (κ1) is 12.8. The second kappa shape index (κ2) is 4.80. The van der Waals surface area contributed by atoms with Crippen LogP contribution in [-0.4, -0.2) is 0 Å². The summed E-state index contributed by atoms with van der Waals surface area (Å²) in [6.45, 7) is 4.62. The molecule has 0 nitrogen and oxygen atoms in total. The summed E-state index contributed by atoms with van der Waals surface area (Å²) in [5, 5.41) is 2.73. The van der Waals surface area contributed by atoms with Gasteiger partial charge in [0.2, 0.25) is 0 Å². The van der Waals surface area contributed by atoms with Crippen LogP contribution in [0.15, 0.2) is 60.2 Å². The van der Waals surface area contributed by atoms with Crippen LogP contribution in [0.3, 0.4) is 0 Å². The summed E-state index contributed by atoms with van der Waals surface area (Å²) < 4.78 is 0. The van der Waals surface area contributed by atoms with E-state index >= 15 is 0 Å². The Morgan fingerprint density at radius 2 is 1.81 bits per heavy atom. The molecular weight excluding hydrogens is 252 g/mol. The van der Waals surface area contributed by atoms with Gasteiger partial charge in [0.05, 0.1) is 0 Å². The molecular formula is C21H21-. The van der Waals surface area contributed by atoms with Crippen LogP contribution in [0.2, 0.25) is 0 Å². The SMILES string of the molecule is C[C-]1C=C2CC(C)CC2C(c2cccc3ccccc23)=C1. The predicted octanol–water partition coefficient (Wildman–Crippen LogP) is 5.80. The lowest BCUT2D eigenvalue weighted by atomic mass is 9.80. The maximum absolute atomic E-state index is 2.42. The first-order valence-corrected chi connectivity index (χ1v) is 7.96. The molecule has 0 heteroatoms. The van der Waals surface area contributed by atoms with Gasteiger partial charge in [0, 0.05) is 0 Å². The topological polar surface area (TPSA) is 0 Å². The van der Waals surface area contributed by atoms with Crippen LogP contribution < -0.4 is 0 Å². The van der Waals surface area contributed by atoms with Gasteiger partial charge in [-0.3, -0.25) is 0 Å². The summed E-state index contributed by atoms with van der Waals surface area (Å²) >= 11 is 0. The lowest BCUT2D eigenvalue weighted by Gasteiger charge is -2.33. The molecule has 1 fully saturated rings. The number of hydrogen-bond donors (Lipinski definition) is 0. The molecule has 2 unspecified atom stereocenters. The van der Waals surface area contributed by atoms with E-state index in [9.17, 15) is 0 Å². The van der Waals surface area contributed by atoms with E-state index in [1.54, 1.807) is 5.57 Å². The average Bonchev–Trinajstić information content (AvgIpc) is 2.86. The first-order chi connectivity index (χ1) is 10.2. The molecule has 2 atom stereocenters. The van der Waals surface area contributed by atoms with Gasteiger partial charge in [-0.1, -0.05) is 86.6 Å². The van der Waals surface area contributed by atoms with Gasteiger partial charge < -0.3 is 0 Å². The summed E-state index contributed by atoms with van der Waals surface area (Å²) in [5.41, 5.74) is 4.61. The molecule has 0 saturated heterocycles. The fraction of sp³-hybridized carbons (Fsp3) is 0.286. The van der Waals surface area contributed by atoms with Crippen molar-refractivity contribution >= 4 is 16.3 Å². The van der Waals surface area contributed by atoms with Crippen LogP contribution in [0.5, 0.6) is 0 Å². The molecule has 0 amide bonds. The third-order valence-corrected chi connectivity index (χ3v) is 4.94. The Bertz CT molecular complexity index is 742. The first-order valence-electron chi connectivity index (χ1n) is 7.96. The fourth-order valence-electron chi connectivity index (χ4n) is 4.09. The quantitative estimate of drug-likeness (QED) is 0.576. The highest BCUT2D eigenvalue weighted by molar-refractivity contribution is 5.95. The Morgan fingerprint density at radius 3 is 2.71 bits per heavy atom. The van der Waals surface area contributed by atoms with E-state index < -0.39 is 0 Å². The van der Waals surface area contributed by atoms with Crippen molar-refractivity contribution in [1.82, 2.24) is 0 Å². The summed E-state index contributed by atoms with van der Waals surface area (Å²) in [6, 6.07) is 15.5. The van der Waals surface area contributed by atoms with Crippen molar-refractivity contribution in [2.75, 3.05) is 0 Å². The number of fused-ring (bicyclic) bond motifs is 2. The Labute approximate surface area is 127 Å². The van der Waals surface area contributed by atoms with Crippen LogP contribution in [0.25, 0.3) is 16.3 Å². The van der Waals surface area contributed by atoms with E-state index in [0.29, 0.717) is 5.92 Å². The normalized spacial score (nSPS) is 24.8. The molecule has 4 rings (SSSR count). The minimum atomic E-state index is 0.634. The molecule has 0 N–H and O–H groups in total. The Balaban J connectivity index is 1.88. The molecule has 0 spiro atoms. The molecule has 1 saturated carbocycles. The summed E-state index contributed by atoms with van der Waals surface area (Å²) in [5.74, 6) is 2.85. The molecule has 0 aromatic heterocycles. The van der Waals surface area contributed by atoms with Gasteiger partial charge in [-0.05, 0) is 10.8 Å². The molecule has 21 heavy (non-hydrogen) atoms. The van der Waals surface area contributed by atoms with Gasteiger partial charge in [0.25, 0.3) is 0 Å². The van der Waals surface area contributed by atoms with E-state index in [4.69, 9.17) is 0 Å². The lowest BCUT2D eigenvalue weighted by molar-refractivity contribution is 0.591. The zero-order valence-electron chi connectivity index (χ0n) is 12.8. The van der Waals surface area contributed by atoms with E-state index in [1.165, 1.54) is 40.7 Å². The van der Waals surface area contributed by atoms with E-state index in [2.05, 4.69) is 68.5 Å². The second-order valence-corrected chi connectivity index (χ2v) is 6.69.